The molecular formula is C21H22ClN3O5S3. The highest BCUT2D eigenvalue weighted by atomic mass is 35.5. The zero-order valence-electron chi connectivity index (χ0n) is 17.9. The number of piperidine rings is 1. The van der Waals surface area contributed by atoms with Gasteiger partial charge in [0.15, 0.2) is 15.0 Å². The lowest BCUT2D eigenvalue weighted by Crippen LogP contribution is -2.41. The highest BCUT2D eigenvalue weighted by Gasteiger charge is 2.32. The number of benzene rings is 2. The molecule has 4 rings (SSSR count). The molecule has 1 amide bonds. The summed E-state index contributed by atoms with van der Waals surface area (Å²) in [6.07, 6.45) is 1.82. The van der Waals surface area contributed by atoms with Crippen molar-refractivity contribution < 1.29 is 21.6 Å². The number of nitrogens with zero attached hydrogens (tertiary/aromatic N) is 2. The second-order valence-corrected chi connectivity index (χ2v) is 13.3. The molecule has 0 bridgehead atoms. The summed E-state index contributed by atoms with van der Waals surface area (Å²) in [7, 11) is -7.18. The second-order valence-electron chi connectivity index (χ2n) is 7.95. The predicted molar refractivity (Wildman–Crippen MR) is 129 cm³/mol. The Balaban J connectivity index is 1.41. The summed E-state index contributed by atoms with van der Waals surface area (Å²) in [6, 6.07) is 8.83. The predicted octanol–water partition coefficient (Wildman–Crippen LogP) is 3.70. The molecule has 3 aromatic rings. The van der Waals surface area contributed by atoms with E-state index < -0.39 is 19.9 Å². The monoisotopic (exact) mass is 527 g/mol. The Bertz CT molecular complexity index is 1430. The van der Waals surface area contributed by atoms with Crippen LogP contribution >= 0.6 is 22.9 Å². The van der Waals surface area contributed by atoms with Gasteiger partial charge in [-0.2, -0.15) is 4.31 Å². The Morgan fingerprint density at radius 1 is 1.06 bits per heavy atom. The number of thiazole rings is 1. The Morgan fingerprint density at radius 3 is 2.27 bits per heavy atom. The highest BCUT2D eigenvalue weighted by molar-refractivity contribution is 7.90. The van der Waals surface area contributed by atoms with Crippen molar-refractivity contribution >= 4 is 64.1 Å². The third-order valence-electron chi connectivity index (χ3n) is 5.69. The molecule has 12 heteroatoms. The van der Waals surface area contributed by atoms with Crippen molar-refractivity contribution in [2.75, 3.05) is 24.7 Å². The molecule has 1 aliphatic heterocycles. The normalized spacial score (nSPS) is 16.2. The van der Waals surface area contributed by atoms with Crippen LogP contribution in [0.25, 0.3) is 10.2 Å². The third kappa shape index (κ3) is 4.92. The molecule has 0 radical (unpaired) electrons. The third-order valence-corrected chi connectivity index (χ3v) is 10.1. The summed E-state index contributed by atoms with van der Waals surface area (Å²) in [5, 5.41) is 3.96. The maximum atomic E-state index is 12.9. The molecule has 1 aromatic heterocycles. The molecule has 33 heavy (non-hydrogen) atoms. The van der Waals surface area contributed by atoms with Crippen molar-refractivity contribution in [3.05, 3.63) is 47.0 Å². The summed E-state index contributed by atoms with van der Waals surface area (Å²) in [5.74, 6) is -0.520. The maximum absolute atomic E-state index is 12.9. The van der Waals surface area contributed by atoms with Crippen LogP contribution in [0.2, 0.25) is 5.02 Å². The zero-order valence-corrected chi connectivity index (χ0v) is 21.1. The van der Waals surface area contributed by atoms with Crippen LogP contribution in [0.15, 0.2) is 46.2 Å². The number of fused-ring (bicyclic) bond motifs is 1. The molecule has 0 spiro atoms. The first kappa shape index (κ1) is 24.1. The quantitative estimate of drug-likeness (QED) is 0.541. The maximum Gasteiger partial charge on any atom is 0.243 e. The van der Waals surface area contributed by atoms with Crippen LogP contribution in [0, 0.1) is 12.8 Å². The van der Waals surface area contributed by atoms with Crippen molar-refractivity contribution in [3.63, 3.8) is 0 Å². The van der Waals surface area contributed by atoms with Gasteiger partial charge in [0.05, 0.1) is 20.0 Å². The molecule has 1 N–H and O–H groups in total. The summed E-state index contributed by atoms with van der Waals surface area (Å²) < 4.78 is 51.3. The lowest BCUT2D eigenvalue weighted by atomic mass is 9.97. The average molecular weight is 528 g/mol. The van der Waals surface area contributed by atoms with E-state index in [1.54, 1.807) is 6.07 Å². The van der Waals surface area contributed by atoms with Crippen molar-refractivity contribution in [2.45, 2.75) is 29.6 Å². The van der Waals surface area contributed by atoms with Gasteiger partial charge in [-0.05, 0) is 61.7 Å². The molecule has 0 saturated carbocycles. The van der Waals surface area contributed by atoms with E-state index in [-0.39, 0.29) is 34.7 Å². The average Bonchev–Trinajstić information content (AvgIpc) is 3.19. The fourth-order valence-corrected chi connectivity index (χ4v) is 6.91. The largest absolute Gasteiger partial charge is 0.302 e. The molecule has 0 unspecified atom stereocenters. The lowest BCUT2D eigenvalue weighted by molar-refractivity contribution is -0.120. The summed E-state index contributed by atoms with van der Waals surface area (Å²) in [6.45, 7) is 2.27. The summed E-state index contributed by atoms with van der Waals surface area (Å²) in [4.78, 5) is 17.3. The molecule has 0 aliphatic carbocycles. The van der Waals surface area contributed by atoms with Crippen LogP contribution in [0.5, 0.6) is 0 Å². The number of aryl methyl sites for hydroxylation is 1. The van der Waals surface area contributed by atoms with Crippen LogP contribution in [-0.2, 0) is 24.7 Å². The van der Waals surface area contributed by atoms with Gasteiger partial charge in [0.25, 0.3) is 0 Å². The lowest BCUT2D eigenvalue weighted by Gasteiger charge is -2.30. The van der Waals surface area contributed by atoms with Crippen molar-refractivity contribution in [2.24, 2.45) is 5.92 Å². The number of amides is 1. The number of sulfonamides is 1. The molecule has 8 nitrogen and oxygen atoms in total. The fourth-order valence-electron chi connectivity index (χ4n) is 3.73. The van der Waals surface area contributed by atoms with Crippen molar-refractivity contribution in [3.8, 4) is 0 Å². The molecule has 176 valence electrons. The highest BCUT2D eigenvalue weighted by Crippen LogP contribution is 2.32. The number of carbonyl (C=O) groups excluding carboxylic acids is 1. The van der Waals surface area contributed by atoms with Crippen LogP contribution in [0.4, 0.5) is 5.13 Å². The number of anilines is 1. The number of nitrogens with one attached hydrogen (secondary N) is 1. The molecule has 2 heterocycles. The number of hydrogen-bond donors (Lipinski definition) is 1. The summed E-state index contributed by atoms with van der Waals surface area (Å²) >= 11 is 7.51. The van der Waals surface area contributed by atoms with Gasteiger partial charge in [-0.3, -0.25) is 4.79 Å². The number of sulfone groups is 1. The second kappa shape index (κ2) is 8.95. The first-order chi connectivity index (χ1) is 15.5. The van der Waals surface area contributed by atoms with Gasteiger partial charge in [-0.25, -0.2) is 21.8 Å². The minimum Gasteiger partial charge on any atom is -0.302 e. The van der Waals surface area contributed by atoms with Crippen LogP contribution < -0.4 is 5.32 Å². The SMILES string of the molecule is Cc1c(Cl)ccc2sc(NC(=O)C3CCN(S(=O)(=O)c4ccc(S(C)(=O)=O)cc4)CC3)nc12. The minimum atomic E-state index is -3.77. The Hall–Kier alpha value is -2.05. The fraction of sp³-hybridized carbons (Fsp3) is 0.333. The number of hydrogen-bond acceptors (Lipinski definition) is 7. The topological polar surface area (TPSA) is 114 Å². The van der Waals surface area contributed by atoms with E-state index in [0.29, 0.717) is 23.0 Å². The first-order valence-electron chi connectivity index (χ1n) is 10.1. The van der Waals surface area contributed by atoms with Gasteiger partial charge in [0, 0.05) is 30.3 Å². The molecule has 2 aromatic carbocycles. The summed E-state index contributed by atoms with van der Waals surface area (Å²) in [5.41, 5.74) is 1.61. The van der Waals surface area contributed by atoms with Crippen molar-refractivity contribution in [1.82, 2.24) is 9.29 Å². The van der Waals surface area contributed by atoms with Gasteiger partial charge in [-0.15, -0.1) is 0 Å². The van der Waals surface area contributed by atoms with E-state index in [2.05, 4.69) is 10.3 Å². The van der Waals surface area contributed by atoms with Crippen LogP contribution in [0.3, 0.4) is 0 Å². The van der Waals surface area contributed by atoms with Gasteiger partial charge in [0.2, 0.25) is 15.9 Å². The standard InChI is InChI=1S/C21H22ClN3O5S3/c1-13-17(22)7-8-18-19(13)23-21(31-18)24-20(26)14-9-11-25(12-10-14)33(29,30)16-5-3-15(4-6-16)32(2,27)28/h3-8,14H,9-12H2,1-2H3,(H,23,24,26). The zero-order chi connectivity index (χ0) is 24.0. The number of aromatic nitrogens is 1. The molecule has 0 atom stereocenters. The van der Waals surface area contributed by atoms with E-state index in [1.807, 2.05) is 13.0 Å². The van der Waals surface area contributed by atoms with E-state index in [1.165, 1.54) is 39.9 Å². The minimum absolute atomic E-state index is 0.0290. The van der Waals surface area contributed by atoms with E-state index >= 15 is 0 Å². The Morgan fingerprint density at radius 2 is 1.67 bits per heavy atom. The van der Waals surface area contributed by atoms with E-state index in [0.717, 1.165) is 22.0 Å². The Kier molecular flexibility index (Phi) is 6.53. The molecule has 1 fully saturated rings. The van der Waals surface area contributed by atoms with E-state index in [4.69, 9.17) is 11.6 Å². The first-order valence-corrected chi connectivity index (χ1v) is 14.7. The smallest absolute Gasteiger partial charge is 0.243 e. The van der Waals surface area contributed by atoms with E-state index in [9.17, 15) is 21.6 Å². The van der Waals surface area contributed by atoms with Gasteiger partial charge < -0.3 is 5.32 Å². The van der Waals surface area contributed by atoms with Gasteiger partial charge in [-0.1, -0.05) is 22.9 Å². The Labute approximate surface area is 201 Å². The molecule has 1 saturated heterocycles. The van der Waals surface area contributed by atoms with Crippen LogP contribution in [0.1, 0.15) is 18.4 Å². The van der Waals surface area contributed by atoms with Gasteiger partial charge >= 0.3 is 0 Å². The van der Waals surface area contributed by atoms with Gasteiger partial charge in [0.1, 0.15) is 0 Å². The molecule has 1 aliphatic rings. The number of carbonyl (C=O) groups is 1. The molecular weight excluding hydrogens is 506 g/mol. The van der Waals surface area contributed by atoms with Crippen LogP contribution in [-0.4, -0.2) is 51.4 Å². The number of halogens is 1. The number of rotatable bonds is 5. The van der Waals surface area contributed by atoms with Crippen molar-refractivity contribution in [1.29, 1.82) is 0 Å².